The van der Waals surface area contributed by atoms with Gasteiger partial charge in [-0.1, -0.05) is 11.6 Å². The Hall–Kier alpha value is -0.500. The molecule has 0 rings (SSSR count). The first-order chi connectivity index (χ1) is 4.16. The highest BCUT2D eigenvalue weighted by atomic mass is 35.5. The highest BCUT2D eigenvalue weighted by Crippen LogP contribution is 1.89. The van der Waals surface area contributed by atoms with E-state index >= 15 is 0 Å². The van der Waals surface area contributed by atoms with Crippen molar-refractivity contribution in [3.8, 4) is 0 Å². The summed E-state index contributed by atoms with van der Waals surface area (Å²) in [6, 6.07) is 0. The Morgan fingerprint density at radius 1 is 1.78 bits per heavy atom. The van der Waals surface area contributed by atoms with Gasteiger partial charge in [0.05, 0.1) is 0 Å². The highest BCUT2D eigenvalue weighted by Gasteiger charge is 1.85. The smallest absolute Gasteiger partial charge is 0.122 e. The fraction of sp³-hybridized carbons (Fsp3) is 0.500. The summed E-state index contributed by atoms with van der Waals surface area (Å²) in [7, 11) is 0. The number of allylic oxidation sites excluding steroid dienone is 2. The molecular formula is C6H11ClN2. The van der Waals surface area contributed by atoms with Crippen molar-refractivity contribution in [3.05, 3.63) is 11.8 Å². The minimum absolute atomic E-state index is 0.0634. The second-order valence-corrected chi connectivity index (χ2v) is 2.11. The van der Waals surface area contributed by atoms with E-state index in [1.165, 1.54) is 0 Å². The molecule has 0 aromatic carbocycles. The Morgan fingerprint density at radius 2 is 2.33 bits per heavy atom. The van der Waals surface area contributed by atoms with Gasteiger partial charge in [0.25, 0.3) is 0 Å². The molecular weight excluding hydrogens is 136 g/mol. The maximum Gasteiger partial charge on any atom is 0.122 e. The van der Waals surface area contributed by atoms with E-state index in [0.29, 0.717) is 0 Å². The Kier molecular flexibility index (Phi) is 4.14. The second-order valence-electron chi connectivity index (χ2n) is 1.71. The summed E-state index contributed by atoms with van der Waals surface area (Å²) in [6.45, 7) is 4.74. The molecule has 0 saturated heterocycles. The van der Waals surface area contributed by atoms with E-state index < -0.39 is 0 Å². The monoisotopic (exact) mass is 146 g/mol. The van der Waals surface area contributed by atoms with Crippen LogP contribution in [0.25, 0.3) is 0 Å². The van der Waals surface area contributed by atoms with Crippen molar-refractivity contribution in [1.82, 2.24) is 5.32 Å². The van der Waals surface area contributed by atoms with E-state index in [0.717, 1.165) is 12.2 Å². The third-order valence-corrected chi connectivity index (χ3v) is 0.908. The number of hydrogen-bond donors (Lipinski definition) is 2. The van der Waals surface area contributed by atoms with Gasteiger partial charge < -0.3 is 5.32 Å². The minimum atomic E-state index is 0.0634. The van der Waals surface area contributed by atoms with Crippen LogP contribution in [0.5, 0.6) is 0 Å². The predicted molar refractivity (Wildman–Crippen MR) is 41.0 cm³/mol. The molecule has 0 aliphatic rings. The number of nitrogens with one attached hydrogen (secondary N) is 2. The van der Waals surface area contributed by atoms with Crippen LogP contribution in [0.1, 0.15) is 13.8 Å². The standard InChI is InChI=1S/C6H11ClN2/c1-3-9-5(2)4-6(7)8/h4,8-9H,3H2,1-2H3/b5-4+,8-6?. The van der Waals surface area contributed by atoms with Crippen LogP contribution in [-0.2, 0) is 0 Å². The van der Waals surface area contributed by atoms with E-state index in [1.807, 2.05) is 13.8 Å². The highest BCUT2D eigenvalue weighted by molar-refractivity contribution is 6.67. The molecule has 0 spiro atoms. The predicted octanol–water partition coefficient (Wildman–Crippen LogP) is 1.72. The molecule has 0 aromatic heterocycles. The molecule has 0 unspecified atom stereocenters. The van der Waals surface area contributed by atoms with Crippen LogP contribution in [0.2, 0.25) is 0 Å². The van der Waals surface area contributed by atoms with Crippen molar-refractivity contribution in [2.75, 3.05) is 6.54 Å². The van der Waals surface area contributed by atoms with Crippen LogP contribution in [0.3, 0.4) is 0 Å². The molecule has 0 bridgehead atoms. The molecule has 52 valence electrons. The summed E-state index contributed by atoms with van der Waals surface area (Å²) < 4.78 is 0. The Labute approximate surface area is 60.4 Å². The lowest BCUT2D eigenvalue weighted by Gasteiger charge is -1.99. The van der Waals surface area contributed by atoms with Crippen molar-refractivity contribution in [2.45, 2.75) is 13.8 Å². The average molecular weight is 147 g/mol. The van der Waals surface area contributed by atoms with E-state index in [1.54, 1.807) is 6.08 Å². The van der Waals surface area contributed by atoms with Gasteiger partial charge in [-0.3, -0.25) is 5.41 Å². The molecule has 0 aliphatic heterocycles. The topological polar surface area (TPSA) is 35.9 Å². The van der Waals surface area contributed by atoms with Crippen molar-refractivity contribution < 1.29 is 0 Å². The number of rotatable bonds is 3. The summed E-state index contributed by atoms with van der Waals surface area (Å²) in [5.41, 5.74) is 0.928. The molecule has 2 nitrogen and oxygen atoms in total. The van der Waals surface area contributed by atoms with Gasteiger partial charge in [-0.2, -0.15) is 0 Å². The maximum atomic E-state index is 6.85. The summed E-state index contributed by atoms with van der Waals surface area (Å²) >= 11 is 5.28. The van der Waals surface area contributed by atoms with Gasteiger partial charge in [0.1, 0.15) is 5.17 Å². The fourth-order valence-electron chi connectivity index (χ4n) is 0.520. The molecule has 0 fully saturated rings. The number of hydrogen-bond acceptors (Lipinski definition) is 2. The first-order valence-electron chi connectivity index (χ1n) is 2.83. The van der Waals surface area contributed by atoms with Crippen LogP contribution >= 0.6 is 11.6 Å². The third-order valence-electron chi connectivity index (χ3n) is 0.799. The van der Waals surface area contributed by atoms with Crippen molar-refractivity contribution in [3.63, 3.8) is 0 Å². The first-order valence-corrected chi connectivity index (χ1v) is 3.20. The first kappa shape index (κ1) is 8.50. The van der Waals surface area contributed by atoms with Crippen molar-refractivity contribution in [1.29, 1.82) is 5.41 Å². The van der Waals surface area contributed by atoms with Crippen LogP contribution in [-0.4, -0.2) is 11.7 Å². The van der Waals surface area contributed by atoms with Crippen molar-refractivity contribution >= 4 is 16.8 Å². The fourth-order valence-corrected chi connectivity index (χ4v) is 0.684. The lowest BCUT2D eigenvalue weighted by Crippen LogP contribution is -2.09. The summed E-state index contributed by atoms with van der Waals surface area (Å²) in [6.07, 6.45) is 1.57. The lowest BCUT2D eigenvalue weighted by atomic mass is 10.4. The lowest BCUT2D eigenvalue weighted by molar-refractivity contribution is 0.856. The molecule has 2 N–H and O–H groups in total. The summed E-state index contributed by atoms with van der Waals surface area (Å²) in [5.74, 6) is 0. The maximum absolute atomic E-state index is 6.85. The van der Waals surface area contributed by atoms with Gasteiger partial charge in [0.2, 0.25) is 0 Å². The normalized spacial score (nSPS) is 11.2. The second kappa shape index (κ2) is 4.39. The van der Waals surface area contributed by atoms with Gasteiger partial charge >= 0.3 is 0 Å². The van der Waals surface area contributed by atoms with Crippen LogP contribution in [0, 0.1) is 5.41 Å². The Bertz CT molecular complexity index is 129. The average Bonchev–Trinajstić information content (AvgIpc) is 1.63. The van der Waals surface area contributed by atoms with E-state index in [4.69, 9.17) is 17.0 Å². The molecule has 0 amide bonds. The van der Waals surface area contributed by atoms with Gasteiger partial charge in [-0.15, -0.1) is 0 Å². The van der Waals surface area contributed by atoms with E-state index in [2.05, 4.69) is 5.32 Å². The SMILES string of the molecule is CCN/C(C)=C/C(=N)Cl. The number of halogens is 1. The molecule has 0 heterocycles. The summed E-state index contributed by atoms with van der Waals surface area (Å²) in [4.78, 5) is 0. The Balaban J connectivity index is 3.69. The molecule has 9 heavy (non-hydrogen) atoms. The third kappa shape index (κ3) is 5.37. The zero-order valence-corrected chi connectivity index (χ0v) is 6.42. The quantitative estimate of drug-likeness (QED) is 0.585. The molecule has 0 atom stereocenters. The zero-order valence-electron chi connectivity index (χ0n) is 5.66. The van der Waals surface area contributed by atoms with E-state index in [9.17, 15) is 0 Å². The molecule has 3 heteroatoms. The largest absolute Gasteiger partial charge is 0.389 e. The Morgan fingerprint density at radius 3 is 2.67 bits per heavy atom. The molecule has 0 aromatic rings. The van der Waals surface area contributed by atoms with Gasteiger partial charge in [-0.25, -0.2) is 0 Å². The molecule has 0 saturated carbocycles. The molecule has 0 radical (unpaired) electrons. The summed E-state index contributed by atoms with van der Waals surface area (Å²) in [5, 5.41) is 9.93. The zero-order chi connectivity index (χ0) is 7.28. The minimum Gasteiger partial charge on any atom is -0.389 e. The van der Waals surface area contributed by atoms with Gasteiger partial charge in [0.15, 0.2) is 0 Å². The van der Waals surface area contributed by atoms with E-state index in [-0.39, 0.29) is 5.17 Å². The van der Waals surface area contributed by atoms with Gasteiger partial charge in [0, 0.05) is 12.2 Å². The van der Waals surface area contributed by atoms with Crippen molar-refractivity contribution in [2.24, 2.45) is 0 Å². The van der Waals surface area contributed by atoms with Crippen LogP contribution in [0.15, 0.2) is 11.8 Å². The van der Waals surface area contributed by atoms with Crippen LogP contribution < -0.4 is 5.32 Å². The molecule has 0 aliphatic carbocycles. The van der Waals surface area contributed by atoms with Gasteiger partial charge in [-0.05, 0) is 19.9 Å². The van der Waals surface area contributed by atoms with Crippen LogP contribution in [0.4, 0.5) is 0 Å².